The van der Waals surface area contributed by atoms with Crippen LogP contribution in [0.3, 0.4) is 0 Å². The first-order chi connectivity index (χ1) is 6.11. The van der Waals surface area contributed by atoms with Crippen LogP contribution in [0, 0.1) is 35.6 Å². The zero-order valence-electron chi connectivity index (χ0n) is 7.56. The van der Waals surface area contributed by atoms with Crippen LogP contribution in [0.15, 0.2) is 24.3 Å². The third kappa shape index (κ3) is 3.61. The van der Waals surface area contributed by atoms with Gasteiger partial charge in [-0.3, -0.25) is 4.79 Å². The van der Waals surface area contributed by atoms with Gasteiger partial charge >= 0.3 is 11.9 Å². The van der Waals surface area contributed by atoms with Crippen molar-refractivity contribution in [3.63, 3.8) is 0 Å². The van der Waals surface area contributed by atoms with Crippen molar-refractivity contribution in [1.29, 1.82) is 0 Å². The molecular weight excluding hydrogens is 311 g/mol. The molecule has 0 saturated heterocycles. The normalized spacial score (nSPS) is 8.64. The van der Waals surface area contributed by atoms with Crippen LogP contribution in [0.1, 0.15) is 17.3 Å². The molecule has 0 fully saturated rings. The van der Waals surface area contributed by atoms with Crippen LogP contribution < -0.4 is 4.74 Å². The Morgan fingerprint density at radius 3 is 2.36 bits per heavy atom. The van der Waals surface area contributed by atoms with Crippen LogP contribution in [0.2, 0.25) is 0 Å². The molecule has 5 heteroatoms. The number of hydrogen-bond acceptors (Lipinski definition) is 3. The first-order valence-corrected chi connectivity index (χ1v) is 3.62. The molecule has 1 N–H and O–H groups in total. The predicted molar refractivity (Wildman–Crippen MR) is 44.7 cm³/mol. The average Bonchev–Trinajstić information content (AvgIpc) is 2.03. The van der Waals surface area contributed by atoms with E-state index in [-0.39, 0.29) is 46.9 Å². The maximum absolute atomic E-state index is 10.6. The van der Waals surface area contributed by atoms with E-state index < -0.39 is 11.9 Å². The number of hydrogen-bond donors (Lipinski definition) is 1. The molecule has 0 heterocycles. The van der Waals surface area contributed by atoms with E-state index in [1.165, 1.54) is 19.1 Å². The summed E-state index contributed by atoms with van der Waals surface area (Å²) in [6.07, 6.45) is 0. The van der Waals surface area contributed by atoms with Gasteiger partial charge in [0.25, 0.3) is 0 Å². The fraction of sp³-hybridized carbons (Fsp3) is 0.111. The summed E-state index contributed by atoms with van der Waals surface area (Å²) in [7, 11) is 0. The third-order valence-electron chi connectivity index (χ3n) is 1.37. The largest absolute Gasteiger partial charge is 0.478 e. The van der Waals surface area contributed by atoms with E-state index in [1.807, 2.05) is 0 Å². The van der Waals surface area contributed by atoms with E-state index in [4.69, 9.17) is 5.11 Å². The molecule has 0 amide bonds. The van der Waals surface area contributed by atoms with E-state index in [2.05, 4.69) is 4.74 Å². The van der Waals surface area contributed by atoms with Gasteiger partial charge in [-0.2, -0.15) is 0 Å². The molecule has 0 saturated carbocycles. The fourth-order valence-corrected chi connectivity index (χ4v) is 0.887. The van der Waals surface area contributed by atoms with E-state index in [0.29, 0.717) is 0 Å². The van der Waals surface area contributed by atoms with Crippen molar-refractivity contribution in [3.8, 4) is 5.75 Å². The van der Waals surface area contributed by atoms with Gasteiger partial charge in [0.15, 0.2) is 0 Å². The fourth-order valence-electron chi connectivity index (χ4n) is 0.887. The van der Waals surface area contributed by atoms with Gasteiger partial charge < -0.3 is 9.84 Å². The molecule has 1 rings (SSSR count). The number of rotatable bonds is 2. The minimum absolute atomic E-state index is 0. The number of para-hydroxylation sites is 1. The summed E-state index contributed by atoms with van der Waals surface area (Å²) in [5, 5.41) is 8.69. The van der Waals surface area contributed by atoms with Gasteiger partial charge in [0, 0.05) is 42.5 Å². The maximum atomic E-state index is 10.6. The number of carboxylic acids is 1. The number of carbonyl (C=O) groups excluding carboxylic acids is 1. The van der Waals surface area contributed by atoms with E-state index in [9.17, 15) is 9.59 Å². The van der Waals surface area contributed by atoms with Crippen molar-refractivity contribution in [3.05, 3.63) is 29.8 Å². The number of esters is 1. The van der Waals surface area contributed by atoms with Gasteiger partial charge in [0.05, 0.1) is 0 Å². The van der Waals surface area contributed by atoms with E-state index >= 15 is 0 Å². The molecule has 0 aliphatic rings. The molecule has 0 aliphatic carbocycles. The smallest absolute Gasteiger partial charge is 0.339 e. The minimum Gasteiger partial charge on any atom is -0.478 e. The molecular formula is C9H8LaO4. The van der Waals surface area contributed by atoms with Crippen LogP contribution in [-0.2, 0) is 4.79 Å². The van der Waals surface area contributed by atoms with Crippen LogP contribution >= 0.6 is 0 Å². The molecule has 1 aromatic rings. The molecule has 0 aliphatic heterocycles. The minimum atomic E-state index is -1.11. The maximum Gasteiger partial charge on any atom is 0.339 e. The Hall–Kier alpha value is -0.645. The summed E-state index contributed by atoms with van der Waals surface area (Å²) < 4.78 is 4.69. The monoisotopic (exact) mass is 319 g/mol. The quantitative estimate of drug-likeness (QED) is 0.659. The summed E-state index contributed by atoms with van der Waals surface area (Å²) >= 11 is 0. The Kier molecular flexibility index (Phi) is 5.68. The number of aromatic carboxylic acids is 1. The molecule has 0 aromatic heterocycles. The molecule has 1 aromatic carbocycles. The summed E-state index contributed by atoms with van der Waals surface area (Å²) in [6, 6.07) is 5.98. The zero-order valence-corrected chi connectivity index (χ0v) is 11.2. The zero-order chi connectivity index (χ0) is 9.84. The Bertz CT molecular complexity index is 348. The van der Waals surface area contributed by atoms with Crippen molar-refractivity contribution in [1.82, 2.24) is 0 Å². The molecule has 0 spiro atoms. The van der Waals surface area contributed by atoms with Crippen LogP contribution in [-0.4, -0.2) is 17.0 Å². The standard InChI is InChI=1S/C9H8O4.La/c1-6(10)13-8-5-3-2-4-7(8)9(11)12;/h2-5H,1H3,(H,11,12);. The summed E-state index contributed by atoms with van der Waals surface area (Å²) in [6.45, 7) is 1.22. The van der Waals surface area contributed by atoms with E-state index in [0.717, 1.165) is 0 Å². The molecule has 71 valence electrons. The summed E-state index contributed by atoms with van der Waals surface area (Å²) in [4.78, 5) is 21.2. The van der Waals surface area contributed by atoms with Crippen molar-refractivity contribution in [2.45, 2.75) is 6.92 Å². The second kappa shape index (κ2) is 5.96. The SMILES string of the molecule is CC(=O)Oc1ccccc1C(=O)O.[La]. The van der Waals surface area contributed by atoms with Gasteiger partial charge in [0.2, 0.25) is 0 Å². The Morgan fingerprint density at radius 2 is 1.86 bits per heavy atom. The summed E-state index contributed by atoms with van der Waals surface area (Å²) in [5.41, 5.74) is -0.0160. The number of benzene rings is 1. The van der Waals surface area contributed by atoms with Gasteiger partial charge in [0.1, 0.15) is 11.3 Å². The van der Waals surface area contributed by atoms with Gasteiger partial charge in [-0.15, -0.1) is 0 Å². The van der Waals surface area contributed by atoms with Gasteiger partial charge in [-0.1, -0.05) is 12.1 Å². The van der Waals surface area contributed by atoms with Crippen LogP contribution in [0.5, 0.6) is 5.75 Å². The average molecular weight is 319 g/mol. The van der Waals surface area contributed by atoms with Crippen molar-refractivity contribution in [2.24, 2.45) is 0 Å². The molecule has 0 atom stereocenters. The first-order valence-electron chi connectivity index (χ1n) is 3.62. The van der Waals surface area contributed by atoms with Gasteiger partial charge in [-0.25, -0.2) is 4.79 Å². The second-order valence-corrected chi connectivity index (χ2v) is 2.39. The van der Waals surface area contributed by atoms with Crippen LogP contribution in [0.25, 0.3) is 0 Å². The molecule has 1 radical (unpaired) electrons. The molecule has 0 bridgehead atoms. The summed E-state index contributed by atoms with van der Waals surface area (Å²) in [5.74, 6) is -1.58. The van der Waals surface area contributed by atoms with Gasteiger partial charge in [-0.05, 0) is 12.1 Å². The van der Waals surface area contributed by atoms with Crippen molar-refractivity contribution < 1.29 is 55.0 Å². The molecule has 4 nitrogen and oxygen atoms in total. The number of carbonyl (C=O) groups is 2. The Morgan fingerprint density at radius 1 is 1.29 bits per heavy atom. The second-order valence-electron chi connectivity index (χ2n) is 2.39. The van der Waals surface area contributed by atoms with E-state index in [1.54, 1.807) is 12.1 Å². The van der Waals surface area contributed by atoms with Crippen LogP contribution in [0.4, 0.5) is 0 Å². The molecule has 14 heavy (non-hydrogen) atoms. The third-order valence-corrected chi connectivity index (χ3v) is 1.37. The Balaban J connectivity index is 0.00000169. The van der Waals surface area contributed by atoms with Crippen molar-refractivity contribution in [2.75, 3.05) is 0 Å². The molecule has 0 unspecified atom stereocenters. The number of ether oxygens (including phenoxy) is 1. The Labute approximate surface area is 109 Å². The van der Waals surface area contributed by atoms with Crippen molar-refractivity contribution >= 4 is 11.9 Å². The number of carboxylic acid groups (broad SMARTS) is 1. The first kappa shape index (κ1) is 13.4. The topological polar surface area (TPSA) is 63.6 Å². The predicted octanol–water partition coefficient (Wildman–Crippen LogP) is 1.31.